The summed E-state index contributed by atoms with van der Waals surface area (Å²) in [6.45, 7) is 17.5. The van der Waals surface area contributed by atoms with Crippen LogP contribution in [0.5, 0.6) is 17.2 Å². The summed E-state index contributed by atoms with van der Waals surface area (Å²) >= 11 is 0. The monoisotopic (exact) mass is 454 g/mol. The van der Waals surface area contributed by atoms with Crippen LogP contribution < -0.4 is 14.2 Å². The van der Waals surface area contributed by atoms with Gasteiger partial charge in [0.25, 0.3) is 0 Å². The largest absolute Gasteiger partial charge is 0.458 e. The molecule has 0 amide bonds. The van der Waals surface area contributed by atoms with Gasteiger partial charge in [-0.2, -0.15) is 0 Å². The number of benzene rings is 2. The van der Waals surface area contributed by atoms with E-state index >= 15 is 0 Å². The molecule has 0 radical (unpaired) electrons. The third-order valence-electron chi connectivity index (χ3n) is 4.19. The lowest BCUT2D eigenvalue weighted by molar-refractivity contribution is -0.129. The normalized spacial score (nSPS) is 9.41. The number of hydrogen-bond donors (Lipinski definition) is 0. The summed E-state index contributed by atoms with van der Waals surface area (Å²) in [6.07, 6.45) is 4.69. The Morgan fingerprint density at radius 3 is 1.94 bits per heavy atom. The molecule has 0 saturated carbocycles. The van der Waals surface area contributed by atoms with Gasteiger partial charge in [-0.1, -0.05) is 44.7 Å². The van der Waals surface area contributed by atoms with E-state index < -0.39 is 11.9 Å². The minimum atomic E-state index is -0.673. The highest BCUT2D eigenvalue weighted by atomic mass is 16.5. The highest BCUT2D eigenvalue weighted by Gasteiger charge is 2.11. The van der Waals surface area contributed by atoms with Crippen LogP contribution in [0.3, 0.4) is 0 Å². The van der Waals surface area contributed by atoms with Crippen molar-refractivity contribution < 1.29 is 28.6 Å². The quantitative estimate of drug-likeness (QED) is 0.130. The van der Waals surface area contributed by atoms with E-state index in [1.807, 2.05) is 0 Å². The fraction of sp³-hybridized carbons (Fsp3) is 0.0357. The van der Waals surface area contributed by atoms with Crippen LogP contribution in [0.25, 0.3) is 0 Å². The van der Waals surface area contributed by atoms with Crippen LogP contribution in [0.15, 0.2) is 99.4 Å². The maximum Gasteiger partial charge on any atom is 0.335 e. The van der Waals surface area contributed by atoms with Crippen molar-refractivity contribution in [2.75, 3.05) is 0 Å². The van der Waals surface area contributed by atoms with Gasteiger partial charge >= 0.3 is 11.9 Å². The first-order valence-corrected chi connectivity index (χ1v) is 9.91. The van der Waals surface area contributed by atoms with Gasteiger partial charge in [0.2, 0.25) is 0 Å². The van der Waals surface area contributed by atoms with Gasteiger partial charge in [-0.25, -0.2) is 9.59 Å². The number of hydrogen-bond acceptors (Lipinski definition) is 6. The number of allylic oxidation sites excluding steroid dienone is 2. The Kier molecular flexibility index (Phi) is 9.12. The molecule has 34 heavy (non-hydrogen) atoms. The van der Waals surface area contributed by atoms with Crippen LogP contribution >= 0.6 is 0 Å². The third-order valence-corrected chi connectivity index (χ3v) is 4.19. The Bertz CT molecular complexity index is 1160. The molecule has 0 bridgehead atoms. The van der Waals surface area contributed by atoms with Gasteiger partial charge in [0.15, 0.2) is 11.5 Å². The van der Waals surface area contributed by atoms with E-state index in [9.17, 15) is 14.4 Å². The summed E-state index contributed by atoms with van der Waals surface area (Å²) in [5, 5.41) is 0. The van der Waals surface area contributed by atoms with Crippen LogP contribution in [0.2, 0.25) is 0 Å². The van der Waals surface area contributed by atoms with Crippen molar-refractivity contribution in [3.05, 3.63) is 116 Å². The smallest absolute Gasteiger partial charge is 0.335 e. The van der Waals surface area contributed by atoms with E-state index in [0.29, 0.717) is 28.2 Å². The number of esters is 2. The van der Waals surface area contributed by atoms with Crippen LogP contribution in [0, 0.1) is 11.8 Å². The number of rotatable bonds is 10. The third kappa shape index (κ3) is 7.36. The van der Waals surface area contributed by atoms with Gasteiger partial charge in [-0.15, -0.1) is 0 Å². The van der Waals surface area contributed by atoms with E-state index in [-0.39, 0.29) is 23.7 Å². The molecule has 0 aliphatic rings. The van der Waals surface area contributed by atoms with E-state index in [0.717, 1.165) is 12.2 Å². The van der Waals surface area contributed by atoms with Gasteiger partial charge in [0.05, 0.1) is 5.56 Å². The Morgan fingerprint density at radius 2 is 1.32 bits per heavy atom. The zero-order chi connectivity index (χ0) is 25.1. The average molecular weight is 454 g/mol. The zero-order valence-electron chi connectivity index (χ0n) is 18.5. The Hall–Kier alpha value is -4.89. The summed E-state index contributed by atoms with van der Waals surface area (Å²) in [6, 6.07) is 9.43. The molecule has 0 fully saturated rings. The van der Waals surface area contributed by atoms with Gasteiger partial charge in [0.1, 0.15) is 17.3 Å². The summed E-state index contributed by atoms with van der Waals surface area (Å²) in [5.41, 5.74) is 1.42. The second-order valence-corrected chi connectivity index (χ2v) is 6.60. The molecule has 0 spiro atoms. The lowest BCUT2D eigenvalue weighted by Gasteiger charge is -2.09. The lowest BCUT2D eigenvalue weighted by Crippen LogP contribution is -2.06. The van der Waals surface area contributed by atoms with Crippen molar-refractivity contribution in [2.45, 2.75) is 6.42 Å². The molecule has 0 heterocycles. The molecule has 2 aromatic carbocycles. The second kappa shape index (κ2) is 12.2. The molecule has 0 aliphatic carbocycles. The molecule has 6 heteroatoms. The number of ether oxygens (including phenoxy) is 3. The predicted octanol–water partition coefficient (Wildman–Crippen LogP) is 4.65. The zero-order valence-corrected chi connectivity index (χ0v) is 18.5. The van der Waals surface area contributed by atoms with E-state index in [4.69, 9.17) is 14.2 Å². The molecule has 2 aromatic rings. The van der Waals surface area contributed by atoms with Crippen LogP contribution in [0.1, 0.15) is 16.7 Å². The van der Waals surface area contributed by atoms with E-state index in [1.54, 1.807) is 30.3 Å². The minimum Gasteiger partial charge on any atom is -0.458 e. The second-order valence-electron chi connectivity index (χ2n) is 6.60. The minimum absolute atomic E-state index is 0.00173. The van der Waals surface area contributed by atoms with Crippen molar-refractivity contribution in [2.24, 2.45) is 0 Å². The molecule has 2 rings (SSSR count). The van der Waals surface area contributed by atoms with E-state index in [1.165, 1.54) is 18.2 Å². The fourth-order valence-electron chi connectivity index (χ4n) is 2.55. The van der Waals surface area contributed by atoms with Crippen molar-refractivity contribution in [3.8, 4) is 29.1 Å². The summed E-state index contributed by atoms with van der Waals surface area (Å²) in [4.78, 5) is 35.3. The maximum atomic E-state index is 12.0. The molecule has 0 saturated heterocycles. The lowest BCUT2D eigenvalue weighted by atomic mass is 10.0. The average Bonchev–Trinajstić information content (AvgIpc) is 2.83. The van der Waals surface area contributed by atoms with Crippen molar-refractivity contribution in [1.29, 1.82) is 0 Å². The highest BCUT2D eigenvalue weighted by Crippen LogP contribution is 2.26. The molecule has 0 aromatic heterocycles. The van der Waals surface area contributed by atoms with Gasteiger partial charge in [-0.3, -0.25) is 4.79 Å². The van der Waals surface area contributed by atoms with E-state index in [2.05, 4.69) is 44.7 Å². The molecule has 0 N–H and O–H groups in total. The topological polar surface area (TPSA) is 78.9 Å². The fourth-order valence-corrected chi connectivity index (χ4v) is 2.55. The molecule has 170 valence electrons. The number of ketones is 1. The van der Waals surface area contributed by atoms with Crippen molar-refractivity contribution in [1.82, 2.24) is 0 Å². The Morgan fingerprint density at radius 1 is 0.735 bits per heavy atom. The van der Waals surface area contributed by atoms with Gasteiger partial charge < -0.3 is 14.2 Å². The Labute approximate surface area is 198 Å². The van der Waals surface area contributed by atoms with Crippen molar-refractivity contribution >= 4 is 17.7 Å². The summed E-state index contributed by atoms with van der Waals surface area (Å²) < 4.78 is 15.9. The number of carbonyl (C=O) groups is 3. The highest BCUT2D eigenvalue weighted by molar-refractivity contribution is 5.91. The first kappa shape index (κ1) is 25.4. The molecular formula is C28H22O6. The predicted molar refractivity (Wildman–Crippen MR) is 129 cm³/mol. The molecule has 0 unspecified atom stereocenters. The standard InChI is InChI=1S/C28H22O6/c1-6-19(5)32-25-15-13-21(26(18-25)34-28(31)9-4)11-10-20-12-14-24(33-27(30)8-3)17-22(20)16-23(29)7-2/h6-9,12-15,17-18H,1-5,16H2. The summed E-state index contributed by atoms with van der Waals surface area (Å²) in [5.74, 6) is 5.43. The van der Waals surface area contributed by atoms with Crippen LogP contribution in [-0.4, -0.2) is 17.7 Å². The molecule has 6 nitrogen and oxygen atoms in total. The van der Waals surface area contributed by atoms with Gasteiger partial charge in [-0.05, 0) is 48.0 Å². The molecule has 0 aliphatic heterocycles. The van der Waals surface area contributed by atoms with Crippen LogP contribution in [0.4, 0.5) is 0 Å². The van der Waals surface area contributed by atoms with Gasteiger partial charge in [0, 0.05) is 30.2 Å². The molecular weight excluding hydrogens is 432 g/mol. The number of carbonyl (C=O) groups excluding carboxylic acids is 3. The molecule has 0 atom stereocenters. The summed E-state index contributed by atoms with van der Waals surface area (Å²) in [7, 11) is 0. The van der Waals surface area contributed by atoms with Crippen molar-refractivity contribution in [3.63, 3.8) is 0 Å². The first-order chi connectivity index (χ1) is 16.3. The Balaban J connectivity index is 2.50. The first-order valence-electron chi connectivity index (χ1n) is 9.91. The SMILES string of the molecule is C=CC(=C)Oc1ccc(C#Cc2ccc(OC(=O)C=C)cc2CC(=O)C=C)c(OC(=O)C=C)c1. The van der Waals surface area contributed by atoms with Crippen LogP contribution in [-0.2, 0) is 20.8 Å². The maximum absolute atomic E-state index is 12.0.